The summed E-state index contributed by atoms with van der Waals surface area (Å²) in [4.78, 5) is 12.2. The van der Waals surface area contributed by atoms with Crippen molar-refractivity contribution in [2.45, 2.75) is 72.5 Å². The predicted molar refractivity (Wildman–Crippen MR) is 105 cm³/mol. The average Bonchev–Trinajstić information content (AvgIpc) is 2.60. The van der Waals surface area contributed by atoms with Crippen molar-refractivity contribution in [2.75, 3.05) is 19.8 Å². The van der Waals surface area contributed by atoms with Crippen LogP contribution in [0, 0.1) is 12.3 Å². The molecule has 1 N–H and O–H groups in total. The standard InChI is InChI=1S/C22H34O5/c1-15-12-16(13-17(19(15)24)21(2,3)4)8-9-18(23)27-14-22(5,6)20-25-10-7-11-26-20/h12-13,20,24H,7-11,14H2,1-6H3. The molecule has 5 nitrogen and oxygen atoms in total. The maximum atomic E-state index is 12.2. The Hall–Kier alpha value is -1.59. The normalized spacial score (nSPS) is 16.4. The quantitative estimate of drug-likeness (QED) is 0.749. The number of hydrogen-bond donors (Lipinski definition) is 1. The van der Waals surface area contributed by atoms with Gasteiger partial charge in [-0.1, -0.05) is 46.8 Å². The molecule has 5 heteroatoms. The van der Waals surface area contributed by atoms with Crippen LogP contribution in [0.5, 0.6) is 5.75 Å². The highest BCUT2D eigenvalue weighted by atomic mass is 16.7. The van der Waals surface area contributed by atoms with Crippen LogP contribution in [0.25, 0.3) is 0 Å². The van der Waals surface area contributed by atoms with Gasteiger partial charge in [-0.25, -0.2) is 0 Å². The van der Waals surface area contributed by atoms with E-state index in [-0.39, 0.29) is 29.7 Å². The molecule has 0 spiro atoms. The van der Waals surface area contributed by atoms with Crippen molar-refractivity contribution >= 4 is 5.97 Å². The number of benzene rings is 1. The summed E-state index contributed by atoms with van der Waals surface area (Å²) < 4.78 is 16.8. The van der Waals surface area contributed by atoms with Crippen LogP contribution < -0.4 is 0 Å². The lowest BCUT2D eigenvalue weighted by atomic mass is 9.83. The van der Waals surface area contributed by atoms with E-state index in [9.17, 15) is 9.90 Å². The van der Waals surface area contributed by atoms with Gasteiger partial charge in [0.05, 0.1) is 13.2 Å². The molecule has 0 bridgehead atoms. The fourth-order valence-corrected chi connectivity index (χ4v) is 3.16. The van der Waals surface area contributed by atoms with Crippen LogP contribution >= 0.6 is 0 Å². The van der Waals surface area contributed by atoms with Gasteiger partial charge < -0.3 is 19.3 Å². The van der Waals surface area contributed by atoms with E-state index < -0.39 is 0 Å². The molecule has 1 aliphatic heterocycles. The Balaban J connectivity index is 1.91. The van der Waals surface area contributed by atoms with Crippen LogP contribution in [0.1, 0.15) is 64.2 Å². The largest absolute Gasteiger partial charge is 0.507 e. The first-order valence-electron chi connectivity index (χ1n) is 9.72. The Labute approximate surface area is 163 Å². The summed E-state index contributed by atoms with van der Waals surface area (Å²) >= 11 is 0. The lowest BCUT2D eigenvalue weighted by molar-refractivity contribution is -0.237. The van der Waals surface area contributed by atoms with Gasteiger partial charge in [-0.3, -0.25) is 4.79 Å². The van der Waals surface area contributed by atoms with Gasteiger partial charge in [0, 0.05) is 11.8 Å². The van der Waals surface area contributed by atoms with E-state index in [0.717, 1.165) is 23.1 Å². The third kappa shape index (κ3) is 5.94. The number of aromatic hydroxyl groups is 1. The molecule has 1 aromatic rings. The van der Waals surface area contributed by atoms with Gasteiger partial charge in [0.25, 0.3) is 0 Å². The predicted octanol–water partition coefficient (Wildman–Crippen LogP) is 4.26. The van der Waals surface area contributed by atoms with Gasteiger partial charge in [0.15, 0.2) is 6.29 Å². The highest BCUT2D eigenvalue weighted by molar-refractivity contribution is 5.69. The number of phenols is 1. The lowest BCUT2D eigenvalue weighted by Crippen LogP contribution is -2.41. The number of esters is 1. The molecule has 152 valence electrons. The van der Waals surface area contributed by atoms with Crippen LogP contribution in [0.15, 0.2) is 12.1 Å². The van der Waals surface area contributed by atoms with E-state index in [1.165, 1.54) is 0 Å². The van der Waals surface area contributed by atoms with Gasteiger partial charge in [0.2, 0.25) is 0 Å². The van der Waals surface area contributed by atoms with Crippen LogP contribution in [0.2, 0.25) is 0 Å². The van der Waals surface area contributed by atoms with E-state index >= 15 is 0 Å². The zero-order valence-electron chi connectivity index (χ0n) is 17.6. The number of carbonyl (C=O) groups excluding carboxylic acids is 1. The minimum Gasteiger partial charge on any atom is -0.507 e. The molecule has 0 aliphatic carbocycles. The second-order valence-electron chi connectivity index (χ2n) is 9.14. The molecule has 0 saturated carbocycles. The topological polar surface area (TPSA) is 65.0 Å². The van der Waals surface area contributed by atoms with Gasteiger partial charge >= 0.3 is 5.97 Å². The molecule has 1 heterocycles. The summed E-state index contributed by atoms with van der Waals surface area (Å²) in [6.07, 6.45) is 1.44. The first-order valence-corrected chi connectivity index (χ1v) is 9.72. The minimum absolute atomic E-state index is 0.157. The summed E-state index contributed by atoms with van der Waals surface area (Å²) in [5.41, 5.74) is 2.22. The highest BCUT2D eigenvalue weighted by Crippen LogP contribution is 2.34. The molecule has 1 fully saturated rings. The summed E-state index contributed by atoms with van der Waals surface area (Å²) in [6.45, 7) is 13.7. The van der Waals surface area contributed by atoms with Crippen molar-refractivity contribution in [3.63, 3.8) is 0 Å². The van der Waals surface area contributed by atoms with E-state index in [4.69, 9.17) is 14.2 Å². The number of phenolic OH excluding ortho intramolecular Hbond substituents is 1. The molecule has 1 aliphatic rings. The summed E-state index contributed by atoms with van der Waals surface area (Å²) in [6, 6.07) is 3.93. The van der Waals surface area contributed by atoms with Gasteiger partial charge in [0.1, 0.15) is 12.4 Å². The maximum Gasteiger partial charge on any atom is 0.306 e. The molecule has 0 aromatic heterocycles. The smallest absolute Gasteiger partial charge is 0.306 e. The van der Waals surface area contributed by atoms with Crippen molar-refractivity contribution in [1.29, 1.82) is 0 Å². The molecule has 27 heavy (non-hydrogen) atoms. The van der Waals surface area contributed by atoms with E-state index in [1.807, 2.05) is 32.9 Å². The fraction of sp³-hybridized carbons (Fsp3) is 0.682. The zero-order chi connectivity index (χ0) is 20.2. The molecule has 1 aromatic carbocycles. The van der Waals surface area contributed by atoms with Crippen molar-refractivity contribution in [2.24, 2.45) is 5.41 Å². The summed E-state index contributed by atoms with van der Waals surface area (Å²) in [5, 5.41) is 10.3. The monoisotopic (exact) mass is 378 g/mol. The van der Waals surface area contributed by atoms with Gasteiger partial charge in [-0.2, -0.15) is 0 Å². The minimum atomic E-state index is -0.384. The molecule has 0 atom stereocenters. The van der Waals surface area contributed by atoms with Gasteiger partial charge in [-0.15, -0.1) is 0 Å². The highest BCUT2D eigenvalue weighted by Gasteiger charge is 2.34. The average molecular weight is 379 g/mol. The number of carbonyl (C=O) groups is 1. The number of ether oxygens (including phenoxy) is 3. The first-order chi connectivity index (χ1) is 12.5. The Morgan fingerprint density at radius 2 is 1.81 bits per heavy atom. The van der Waals surface area contributed by atoms with Crippen LogP contribution in [-0.4, -0.2) is 37.2 Å². The molecular formula is C22H34O5. The first kappa shape index (κ1) is 21.7. The molecule has 0 unspecified atom stereocenters. The number of hydrogen-bond acceptors (Lipinski definition) is 5. The lowest BCUT2D eigenvalue weighted by Gasteiger charge is -2.35. The Morgan fingerprint density at radius 3 is 2.41 bits per heavy atom. The zero-order valence-corrected chi connectivity index (χ0v) is 17.6. The molecule has 0 radical (unpaired) electrons. The van der Waals surface area contributed by atoms with Gasteiger partial charge in [-0.05, 0) is 41.9 Å². The third-order valence-electron chi connectivity index (χ3n) is 4.86. The Kier molecular flexibility index (Phi) is 6.92. The van der Waals surface area contributed by atoms with Crippen LogP contribution in [0.3, 0.4) is 0 Å². The van der Waals surface area contributed by atoms with Crippen molar-refractivity contribution < 1.29 is 24.1 Å². The third-order valence-corrected chi connectivity index (χ3v) is 4.86. The van der Waals surface area contributed by atoms with Crippen molar-refractivity contribution in [1.82, 2.24) is 0 Å². The molecule has 0 amide bonds. The SMILES string of the molecule is Cc1cc(CCC(=O)OCC(C)(C)C2OCCCO2)cc(C(C)(C)C)c1O. The van der Waals surface area contributed by atoms with E-state index in [2.05, 4.69) is 20.8 Å². The Morgan fingerprint density at radius 1 is 1.19 bits per heavy atom. The van der Waals surface area contributed by atoms with Crippen molar-refractivity contribution in [3.05, 3.63) is 28.8 Å². The summed E-state index contributed by atoms with van der Waals surface area (Å²) in [5.74, 6) is 0.102. The van der Waals surface area contributed by atoms with E-state index in [1.54, 1.807) is 0 Å². The number of aryl methyl sites for hydroxylation is 2. The van der Waals surface area contributed by atoms with Crippen molar-refractivity contribution in [3.8, 4) is 5.75 Å². The van der Waals surface area contributed by atoms with E-state index in [0.29, 0.717) is 31.8 Å². The molecule has 1 saturated heterocycles. The maximum absolute atomic E-state index is 12.2. The number of rotatable bonds is 6. The second-order valence-corrected chi connectivity index (χ2v) is 9.14. The van der Waals surface area contributed by atoms with Crippen LogP contribution in [0.4, 0.5) is 0 Å². The summed E-state index contributed by atoms with van der Waals surface area (Å²) in [7, 11) is 0. The van der Waals surface area contributed by atoms with Crippen LogP contribution in [-0.2, 0) is 30.8 Å². The Bertz CT molecular complexity index is 651. The molecular weight excluding hydrogens is 344 g/mol. The fourth-order valence-electron chi connectivity index (χ4n) is 3.16. The second kappa shape index (κ2) is 8.61. The molecule has 2 rings (SSSR count).